The third-order valence-electron chi connectivity index (χ3n) is 2.29. The van der Waals surface area contributed by atoms with E-state index in [4.69, 9.17) is 5.11 Å². The molecule has 4 heteroatoms. The maximum Gasteiger partial charge on any atom is 0.336 e. The van der Waals surface area contributed by atoms with E-state index in [-0.39, 0.29) is 0 Å². The van der Waals surface area contributed by atoms with Crippen LogP contribution in [-0.2, 0) is 6.54 Å². The number of carboxylic acids is 1. The minimum atomic E-state index is -0.889. The van der Waals surface area contributed by atoms with Gasteiger partial charge in [-0.2, -0.15) is 0 Å². The number of hydrogen-bond donors (Lipinski definition) is 2. The summed E-state index contributed by atoms with van der Waals surface area (Å²) in [5, 5.41) is 12.2. The summed E-state index contributed by atoms with van der Waals surface area (Å²) in [5.74, 6) is -0.889. The molecule has 1 fully saturated rings. The molecule has 1 heterocycles. The summed E-state index contributed by atoms with van der Waals surface area (Å²) in [5.41, 5.74) is 1.10. The zero-order chi connectivity index (χ0) is 9.97. The van der Waals surface area contributed by atoms with Gasteiger partial charge in [0.15, 0.2) is 0 Å². The molecule has 4 nitrogen and oxygen atoms in total. The van der Waals surface area contributed by atoms with Crippen LogP contribution in [0.4, 0.5) is 0 Å². The molecule has 0 radical (unpaired) electrons. The van der Waals surface area contributed by atoms with E-state index in [0.717, 1.165) is 5.56 Å². The number of carboxylic acid groups (broad SMARTS) is 1. The average molecular weight is 192 g/mol. The standard InChI is InChI=1S/C10H12N2O2/c13-10(14)9-3-4-11-5-7(9)6-12-8-1-2-8/h3-5,8,12H,1-2,6H2,(H,13,14). The van der Waals surface area contributed by atoms with E-state index in [1.807, 2.05) is 0 Å². The number of aromatic carboxylic acids is 1. The minimum Gasteiger partial charge on any atom is -0.478 e. The van der Waals surface area contributed by atoms with Crippen molar-refractivity contribution in [2.24, 2.45) is 0 Å². The number of nitrogens with one attached hydrogen (secondary N) is 1. The first-order valence-electron chi connectivity index (χ1n) is 4.67. The van der Waals surface area contributed by atoms with Crippen LogP contribution in [0.2, 0.25) is 0 Å². The first-order valence-corrected chi connectivity index (χ1v) is 4.67. The van der Waals surface area contributed by atoms with Gasteiger partial charge in [-0.15, -0.1) is 0 Å². The lowest BCUT2D eigenvalue weighted by molar-refractivity contribution is 0.0695. The van der Waals surface area contributed by atoms with Crippen molar-refractivity contribution in [2.45, 2.75) is 25.4 Å². The van der Waals surface area contributed by atoms with Gasteiger partial charge in [-0.05, 0) is 24.5 Å². The molecule has 0 bridgehead atoms. The van der Waals surface area contributed by atoms with Crippen LogP contribution >= 0.6 is 0 Å². The molecule has 74 valence electrons. The van der Waals surface area contributed by atoms with Crippen molar-refractivity contribution in [3.63, 3.8) is 0 Å². The molecule has 2 rings (SSSR count). The summed E-state index contributed by atoms with van der Waals surface area (Å²) in [6, 6.07) is 2.11. The Bertz CT molecular complexity index is 348. The van der Waals surface area contributed by atoms with E-state index >= 15 is 0 Å². The lowest BCUT2D eigenvalue weighted by Crippen LogP contribution is -2.17. The van der Waals surface area contributed by atoms with Crippen LogP contribution in [0.1, 0.15) is 28.8 Å². The van der Waals surface area contributed by atoms with Crippen molar-refractivity contribution >= 4 is 5.97 Å². The lowest BCUT2D eigenvalue weighted by Gasteiger charge is -2.05. The van der Waals surface area contributed by atoms with Gasteiger partial charge in [0, 0.05) is 25.0 Å². The molecule has 1 aliphatic rings. The van der Waals surface area contributed by atoms with E-state index in [1.165, 1.54) is 25.1 Å². The zero-order valence-corrected chi connectivity index (χ0v) is 7.73. The number of carbonyl (C=O) groups is 1. The fourth-order valence-corrected chi connectivity index (χ4v) is 1.32. The normalized spacial score (nSPS) is 15.4. The molecule has 1 aromatic heterocycles. The summed E-state index contributed by atoms with van der Waals surface area (Å²) in [6.07, 6.45) is 5.51. The van der Waals surface area contributed by atoms with Crippen molar-refractivity contribution in [2.75, 3.05) is 0 Å². The first kappa shape index (κ1) is 9.15. The summed E-state index contributed by atoms with van der Waals surface area (Å²) in [6.45, 7) is 0.597. The fraction of sp³-hybridized carbons (Fsp3) is 0.400. The lowest BCUT2D eigenvalue weighted by atomic mass is 10.1. The molecule has 0 unspecified atom stereocenters. The van der Waals surface area contributed by atoms with E-state index in [2.05, 4.69) is 10.3 Å². The predicted molar refractivity (Wildman–Crippen MR) is 51.1 cm³/mol. The van der Waals surface area contributed by atoms with E-state index in [1.54, 1.807) is 6.20 Å². The SMILES string of the molecule is O=C(O)c1ccncc1CNC1CC1. The van der Waals surface area contributed by atoms with Crippen LogP contribution in [0.3, 0.4) is 0 Å². The van der Waals surface area contributed by atoms with Crippen molar-refractivity contribution < 1.29 is 9.90 Å². The van der Waals surface area contributed by atoms with E-state index < -0.39 is 5.97 Å². The molecule has 0 saturated heterocycles. The number of rotatable bonds is 4. The van der Waals surface area contributed by atoms with Gasteiger partial charge >= 0.3 is 5.97 Å². The Morgan fingerprint density at radius 2 is 2.43 bits per heavy atom. The number of nitrogens with zero attached hydrogens (tertiary/aromatic N) is 1. The van der Waals surface area contributed by atoms with Crippen LogP contribution in [0.15, 0.2) is 18.5 Å². The van der Waals surface area contributed by atoms with Gasteiger partial charge in [0.2, 0.25) is 0 Å². The predicted octanol–water partition coefficient (Wildman–Crippen LogP) is 1.03. The Balaban J connectivity index is 2.09. The average Bonchev–Trinajstić information content (AvgIpc) is 2.98. The monoisotopic (exact) mass is 192 g/mol. The Morgan fingerprint density at radius 3 is 3.07 bits per heavy atom. The van der Waals surface area contributed by atoms with Gasteiger partial charge in [0.05, 0.1) is 5.56 Å². The highest BCUT2D eigenvalue weighted by Crippen LogP contribution is 2.19. The number of hydrogen-bond acceptors (Lipinski definition) is 3. The van der Waals surface area contributed by atoms with Crippen molar-refractivity contribution in [3.8, 4) is 0 Å². The third kappa shape index (κ3) is 2.09. The topological polar surface area (TPSA) is 62.2 Å². The molecular weight excluding hydrogens is 180 g/mol. The zero-order valence-electron chi connectivity index (χ0n) is 7.73. The molecule has 1 aromatic rings. The molecule has 2 N–H and O–H groups in total. The van der Waals surface area contributed by atoms with Crippen molar-refractivity contribution in [1.82, 2.24) is 10.3 Å². The molecule has 1 saturated carbocycles. The molecular formula is C10H12N2O2. The van der Waals surface area contributed by atoms with Crippen molar-refractivity contribution in [1.29, 1.82) is 0 Å². The van der Waals surface area contributed by atoms with Gasteiger partial charge in [-0.25, -0.2) is 4.79 Å². The minimum absolute atomic E-state index is 0.341. The first-order chi connectivity index (χ1) is 6.77. The fourth-order valence-electron chi connectivity index (χ4n) is 1.32. The summed E-state index contributed by atoms with van der Waals surface area (Å²) in [7, 11) is 0. The van der Waals surface area contributed by atoms with Gasteiger partial charge in [-0.3, -0.25) is 4.98 Å². The van der Waals surface area contributed by atoms with Gasteiger partial charge in [0.25, 0.3) is 0 Å². The highest BCUT2D eigenvalue weighted by Gasteiger charge is 2.21. The highest BCUT2D eigenvalue weighted by atomic mass is 16.4. The summed E-state index contributed by atoms with van der Waals surface area (Å²) >= 11 is 0. The van der Waals surface area contributed by atoms with Crippen LogP contribution in [-0.4, -0.2) is 22.1 Å². The molecule has 0 spiro atoms. The van der Waals surface area contributed by atoms with Gasteiger partial charge in [-0.1, -0.05) is 0 Å². The second-order valence-electron chi connectivity index (χ2n) is 3.49. The van der Waals surface area contributed by atoms with Crippen LogP contribution in [0, 0.1) is 0 Å². The number of pyridine rings is 1. The molecule has 0 aromatic carbocycles. The maximum absolute atomic E-state index is 10.8. The number of aromatic nitrogens is 1. The van der Waals surface area contributed by atoms with E-state index in [0.29, 0.717) is 18.2 Å². The Kier molecular flexibility index (Phi) is 2.45. The van der Waals surface area contributed by atoms with E-state index in [9.17, 15) is 4.79 Å². The van der Waals surface area contributed by atoms with Gasteiger partial charge < -0.3 is 10.4 Å². The molecule has 0 aliphatic heterocycles. The summed E-state index contributed by atoms with van der Waals surface area (Å²) < 4.78 is 0. The summed E-state index contributed by atoms with van der Waals surface area (Å²) in [4.78, 5) is 14.7. The quantitative estimate of drug-likeness (QED) is 0.748. The Hall–Kier alpha value is -1.42. The van der Waals surface area contributed by atoms with Crippen LogP contribution in [0.25, 0.3) is 0 Å². The Morgan fingerprint density at radius 1 is 1.64 bits per heavy atom. The van der Waals surface area contributed by atoms with Crippen molar-refractivity contribution in [3.05, 3.63) is 29.6 Å². The smallest absolute Gasteiger partial charge is 0.336 e. The van der Waals surface area contributed by atoms with Gasteiger partial charge in [0.1, 0.15) is 0 Å². The molecule has 0 amide bonds. The molecule has 1 aliphatic carbocycles. The third-order valence-corrected chi connectivity index (χ3v) is 2.29. The van der Waals surface area contributed by atoms with Crippen LogP contribution in [0.5, 0.6) is 0 Å². The molecule has 0 atom stereocenters. The van der Waals surface area contributed by atoms with Crippen LogP contribution < -0.4 is 5.32 Å². The second kappa shape index (κ2) is 3.75. The Labute approximate surface area is 82.0 Å². The largest absolute Gasteiger partial charge is 0.478 e. The second-order valence-corrected chi connectivity index (χ2v) is 3.49. The molecule has 14 heavy (non-hydrogen) atoms. The highest BCUT2D eigenvalue weighted by molar-refractivity contribution is 5.89. The maximum atomic E-state index is 10.8.